The zero-order valence-electron chi connectivity index (χ0n) is 25.7. The van der Waals surface area contributed by atoms with Crippen molar-refractivity contribution in [2.75, 3.05) is 84.5 Å². The lowest BCUT2D eigenvalue weighted by Gasteiger charge is -2.08. The first-order valence-corrected chi connectivity index (χ1v) is 16.9. The molecule has 0 radical (unpaired) electrons. The Morgan fingerprint density at radius 3 is 1.12 bits per heavy atom. The number of aliphatic carboxylic acids is 1. The van der Waals surface area contributed by atoms with Crippen LogP contribution < -0.4 is 10.6 Å². The number of ether oxygens (including phenoxy) is 5. The number of hydrogen-bond acceptors (Lipinski definition) is 8. The van der Waals surface area contributed by atoms with Crippen LogP contribution in [0.3, 0.4) is 0 Å². The van der Waals surface area contributed by atoms with E-state index in [-0.39, 0.29) is 11.8 Å². The van der Waals surface area contributed by atoms with E-state index in [1.807, 2.05) is 0 Å². The third-order valence-corrected chi connectivity index (χ3v) is 6.80. The molecule has 0 rings (SSSR count). The van der Waals surface area contributed by atoms with Crippen molar-refractivity contribution in [3.8, 4) is 0 Å². The summed E-state index contributed by atoms with van der Waals surface area (Å²) in [6.07, 6.45) is 14.5. The van der Waals surface area contributed by atoms with E-state index in [2.05, 4.69) is 26.6 Å². The van der Waals surface area contributed by atoms with E-state index in [0.717, 1.165) is 32.1 Å². The van der Waals surface area contributed by atoms with Crippen molar-refractivity contribution in [2.45, 2.75) is 89.9 Å². The molecule has 0 unspecified atom stereocenters. The largest absolute Gasteiger partial charge is 0.481 e. The second kappa shape index (κ2) is 34.2. The monoisotopic (exact) mass is 668 g/mol. The van der Waals surface area contributed by atoms with Gasteiger partial charge in [-0.3, -0.25) is 14.4 Å². The summed E-state index contributed by atoms with van der Waals surface area (Å²) in [6, 6.07) is 0. The van der Waals surface area contributed by atoms with Crippen molar-refractivity contribution in [1.29, 1.82) is 0 Å². The van der Waals surface area contributed by atoms with Gasteiger partial charge in [-0.05, 0) is 12.8 Å². The molecule has 0 aliphatic rings. The van der Waals surface area contributed by atoms with Gasteiger partial charge in [0.15, 0.2) is 0 Å². The van der Waals surface area contributed by atoms with Gasteiger partial charge in [0.2, 0.25) is 11.8 Å². The van der Waals surface area contributed by atoms with E-state index in [0.29, 0.717) is 97.3 Å². The maximum Gasteiger partial charge on any atom is 0.303 e. The molecular weight excluding hydrogens is 612 g/mol. The van der Waals surface area contributed by atoms with Crippen LogP contribution >= 0.6 is 15.9 Å². The van der Waals surface area contributed by atoms with Crippen molar-refractivity contribution in [3.63, 3.8) is 0 Å². The minimum absolute atomic E-state index is 0.0584. The molecule has 0 aliphatic carbocycles. The highest BCUT2D eigenvalue weighted by Crippen LogP contribution is 2.13. The number of carboxylic acid groups (broad SMARTS) is 1. The van der Waals surface area contributed by atoms with E-state index in [9.17, 15) is 14.4 Å². The Labute approximate surface area is 261 Å². The molecule has 0 saturated heterocycles. The summed E-state index contributed by atoms with van der Waals surface area (Å²) >= 11 is 3.08. The zero-order chi connectivity index (χ0) is 30.8. The molecule has 248 valence electrons. The lowest BCUT2D eigenvalue weighted by Crippen LogP contribution is -2.28. The highest BCUT2D eigenvalue weighted by Gasteiger charge is 2.01. The number of alkyl halides is 1. The Bertz CT molecular complexity index is 630. The fraction of sp³-hybridized carbons (Fsp3) is 0.900. The minimum atomic E-state index is -0.691. The molecular formula is C30H57BrN2O9. The highest BCUT2D eigenvalue weighted by molar-refractivity contribution is 9.09. The van der Waals surface area contributed by atoms with Crippen molar-refractivity contribution in [1.82, 2.24) is 10.6 Å². The van der Waals surface area contributed by atoms with Gasteiger partial charge >= 0.3 is 5.97 Å². The highest BCUT2D eigenvalue weighted by atomic mass is 79.9. The smallest absolute Gasteiger partial charge is 0.303 e. The molecule has 0 aromatic rings. The average Bonchev–Trinajstić information content (AvgIpc) is 2.98. The second-order valence-corrected chi connectivity index (χ2v) is 10.6. The summed E-state index contributed by atoms with van der Waals surface area (Å²) in [5, 5.41) is 14.5. The van der Waals surface area contributed by atoms with Gasteiger partial charge in [0.1, 0.15) is 0 Å². The van der Waals surface area contributed by atoms with E-state index in [1.54, 1.807) is 0 Å². The summed E-state index contributed by atoms with van der Waals surface area (Å²) in [5.41, 5.74) is 0. The average molecular weight is 670 g/mol. The van der Waals surface area contributed by atoms with Crippen molar-refractivity contribution >= 4 is 33.7 Å². The van der Waals surface area contributed by atoms with Gasteiger partial charge in [0.25, 0.3) is 0 Å². The topological polar surface area (TPSA) is 142 Å². The molecule has 0 aromatic carbocycles. The Morgan fingerprint density at radius 2 is 0.762 bits per heavy atom. The first-order valence-electron chi connectivity index (χ1n) is 15.8. The summed E-state index contributed by atoms with van der Waals surface area (Å²) in [5.74, 6) is -0.664. The van der Waals surface area contributed by atoms with Crippen LogP contribution in [0.1, 0.15) is 89.9 Å². The van der Waals surface area contributed by atoms with E-state index in [4.69, 9.17) is 28.8 Å². The van der Waals surface area contributed by atoms with Crippen LogP contribution in [-0.2, 0) is 38.1 Å². The third-order valence-electron chi connectivity index (χ3n) is 6.29. The predicted molar refractivity (Wildman–Crippen MR) is 166 cm³/mol. The van der Waals surface area contributed by atoms with Crippen LogP contribution in [0.5, 0.6) is 0 Å². The molecule has 0 aliphatic heterocycles. The van der Waals surface area contributed by atoms with Gasteiger partial charge in [-0.25, -0.2) is 0 Å². The first kappa shape index (κ1) is 40.7. The van der Waals surface area contributed by atoms with Crippen LogP contribution in [0, 0.1) is 0 Å². The van der Waals surface area contributed by atoms with Crippen molar-refractivity contribution < 1.29 is 43.2 Å². The van der Waals surface area contributed by atoms with Crippen LogP contribution in [0.15, 0.2) is 0 Å². The van der Waals surface area contributed by atoms with Gasteiger partial charge in [-0.2, -0.15) is 0 Å². The second-order valence-electron chi connectivity index (χ2n) is 10.0. The van der Waals surface area contributed by atoms with Gasteiger partial charge in [-0.15, -0.1) is 0 Å². The third kappa shape index (κ3) is 34.9. The number of hydrogen-bond donors (Lipinski definition) is 3. The van der Waals surface area contributed by atoms with Crippen molar-refractivity contribution in [3.05, 3.63) is 0 Å². The summed E-state index contributed by atoms with van der Waals surface area (Å²) in [7, 11) is 0. The number of carbonyl (C=O) groups excluding carboxylic acids is 2. The number of nitrogens with one attached hydrogen (secondary N) is 2. The normalized spacial score (nSPS) is 11.1. The molecule has 42 heavy (non-hydrogen) atoms. The van der Waals surface area contributed by atoms with Crippen LogP contribution in [-0.4, -0.2) is 107 Å². The standard InChI is InChI=1S/C30H57BrN2O9/c31-27-29(35)33-16-18-39-20-22-41-24-26-42-25-23-40-21-19-38-17-15-32-28(34)13-11-9-7-5-3-1-2-4-6-8-10-12-14-30(36)37/h1-27H2,(H,32,34)(H,33,35)(H,36,37). The lowest BCUT2D eigenvalue weighted by atomic mass is 10.0. The maximum atomic E-state index is 11.9. The van der Waals surface area contributed by atoms with E-state index in [1.165, 1.54) is 44.9 Å². The van der Waals surface area contributed by atoms with Gasteiger partial charge in [0.05, 0.1) is 71.4 Å². The van der Waals surface area contributed by atoms with Crippen LogP contribution in [0.2, 0.25) is 0 Å². The van der Waals surface area contributed by atoms with Gasteiger partial charge < -0.3 is 39.4 Å². The van der Waals surface area contributed by atoms with Crippen molar-refractivity contribution in [2.24, 2.45) is 0 Å². The number of amides is 2. The van der Waals surface area contributed by atoms with E-state index < -0.39 is 5.97 Å². The Morgan fingerprint density at radius 1 is 0.452 bits per heavy atom. The number of unbranched alkanes of at least 4 members (excludes halogenated alkanes) is 11. The molecule has 0 atom stereocenters. The summed E-state index contributed by atoms with van der Waals surface area (Å²) in [6.45, 7) is 5.79. The SMILES string of the molecule is O=C(O)CCCCCCCCCCCCCCC(=O)NCCOCCOCCOCCOCCOCCNC(=O)CBr. The molecule has 0 aromatic heterocycles. The molecule has 0 bridgehead atoms. The number of carbonyl (C=O) groups is 3. The Hall–Kier alpha value is -1.31. The molecule has 3 N–H and O–H groups in total. The minimum Gasteiger partial charge on any atom is -0.481 e. The quantitative estimate of drug-likeness (QED) is 0.0678. The number of halogens is 1. The number of rotatable bonds is 34. The molecule has 0 saturated carbocycles. The van der Waals surface area contributed by atoms with Gasteiger partial charge in [-0.1, -0.05) is 80.1 Å². The molecule has 0 fully saturated rings. The zero-order valence-corrected chi connectivity index (χ0v) is 27.3. The first-order chi connectivity index (χ1) is 20.6. The summed E-state index contributed by atoms with van der Waals surface area (Å²) in [4.78, 5) is 33.4. The Balaban J connectivity index is 3.17. The van der Waals surface area contributed by atoms with Gasteiger partial charge in [0, 0.05) is 25.9 Å². The van der Waals surface area contributed by atoms with E-state index >= 15 is 0 Å². The van der Waals surface area contributed by atoms with Crippen LogP contribution in [0.25, 0.3) is 0 Å². The molecule has 11 nitrogen and oxygen atoms in total. The summed E-state index contributed by atoms with van der Waals surface area (Å²) < 4.78 is 27.1. The predicted octanol–water partition coefficient (Wildman–Crippen LogP) is 4.24. The lowest BCUT2D eigenvalue weighted by molar-refractivity contribution is -0.137. The fourth-order valence-corrected chi connectivity index (χ4v) is 4.17. The fourth-order valence-electron chi connectivity index (χ4n) is 3.97. The number of carboxylic acids is 1. The van der Waals surface area contributed by atoms with Crippen LogP contribution in [0.4, 0.5) is 0 Å². The molecule has 12 heteroatoms. The Kier molecular flexibility index (Phi) is 33.1. The molecule has 0 heterocycles. The maximum absolute atomic E-state index is 11.9. The molecule has 0 spiro atoms. The molecule has 2 amide bonds.